The molecule has 0 aromatic heterocycles. The summed E-state index contributed by atoms with van der Waals surface area (Å²) >= 11 is 0. The number of para-hydroxylation sites is 1. The van der Waals surface area contributed by atoms with E-state index in [1.54, 1.807) is 18.2 Å². The molecule has 1 N–H and O–H groups in total. The van der Waals surface area contributed by atoms with E-state index in [-0.39, 0.29) is 12.3 Å². The zero-order valence-electron chi connectivity index (χ0n) is 11.7. The number of rotatable bonds is 6. The number of nitro benzene ring substituents is 1. The first-order chi connectivity index (χ1) is 10.1. The van der Waals surface area contributed by atoms with Gasteiger partial charge in [-0.25, -0.2) is 0 Å². The third-order valence-electron chi connectivity index (χ3n) is 3.18. The molecule has 0 fully saturated rings. The van der Waals surface area contributed by atoms with Crippen molar-refractivity contribution >= 4 is 5.69 Å². The Morgan fingerprint density at radius 1 is 1.24 bits per heavy atom. The van der Waals surface area contributed by atoms with Crippen LogP contribution < -0.4 is 4.74 Å². The summed E-state index contributed by atoms with van der Waals surface area (Å²) in [7, 11) is 0. The van der Waals surface area contributed by atoms with E-state index < -0.39 is 11.0 Å². The number of hydrogen-bond donors (Lipinski definition) is 1. The lowest BCUT2D eigenvalue weighted by atomic mass is 10.1. The van der Waals surface area contributed by atoms with E-state index in [1.807, 2.05) is 25.1 Å². The van der Waals surface area contributed by atoms with Gasteiger partial charge in [-0.2, -0.15) is 0 Å². The number of nitro groups is 1. The lowest BCUT2D eigenvalue weighted by molar-refractivity contribution is -0.384. The highest BCUT2D eigenvalue weighted by Crippen LogP contribution is 2.27. The molecule has 1 unspecified atom stereocenters. The molecular weight excluding hydrogens is 270 g/mol. The summed E-state index contributed by atoms with van der Waals surface area (Å²) in [6, 6.07) is 13.6. The van der Waals surface area contributed by atoms with Crippen molar-refractivity contribution in [2.75, 3.05) is 0 Å². The van der Waals surface area contributed by atoms with E-state index in [0.717, 1.165) is 5.56 Å². The molecule has 0 heterocycles. The molecule has 0 aliphatic rings. The fourth-order valence-electron chi connectivity index (χ4n) is 2.03. The van der Waals surface area contributed by atoms with Crippen LogP contribution in [0.15, 0.2) is 48.5 Å². The van der Waals surface area contributed by atoms with E-state index in [1.165, 1.54) is 12.1 Å². The summed E-state index contributed by atoms with van der Waals surface area (Å²) in [6.07, 6.45) is 0.0169. The fourth-order valence-corrected chi connectivity index (χ4v) is 2.03. The SMILES string of the molecule is CCC(O)c1ccccc1OCc1cccc([N+](=O)[O-])c1. The molecule has 1 atom stereocenters. The van der Waals surface area contributed by atoms with Crippen molar-refractivity contribution in [2.24, 2.45) is 0 Å². The Balaban J connectivity index is 2.13. The Bertz CT molecular complexity index is 627. The Morgan fingerprint density at radius 3 is 2.71 bits per heavy atom. The maximum atomic E-state index is 10.7. The van der Waals surface area contributed by atoms with Crippen LogP contribution >= 0.6 is 0 Å². The van der Waals surface area contributed by atoms with Gasteiger partial charge in [0.25, 0.3) is 5.69 Å². The van der Waals surface area contributed by atoms with Gasteiger partial charge in [-0.05, 0) is 18.1 Å². The van der Waals surface area contributed by atoms with Crippen molar-refractivity contribution in [3.05, 3.63) is 69.8 Å². The normalized spacial score (nSPS) is 11.9. The molecule has 0 bridgehead atoms. The molecule has 0 radical (unpaired) electrons. The second kappa shape index (κ2) is 6.85. The number of non-ortho nitro benzene ring substituents is 1. The standard InChI is InChI=1S/C16H17NO4/c1-2-15(18)14-8-3-4-9-16(14)21-11-12-6-5-7-13(10-12)17(19)20/h3-10,15,18H,2,11H2,1H3. The molecule has 2 aromatic carbocycles. The minimum absolute atomic E-state index is 0.0398. The molecule has 21 heavy (non-hydrogen) atoms. The van der Waals surface area contributed by atoms with Crippen LogP contribution in [0.5, 0.6) is 5.75 Å². The van der Waals surface area contributed by atoms with Crippen molar-refractivity contribution in [1.29, 1.82) is 0 Å². The average Bonchev–Trinajstić information content (AvgIpc) is 2.52. The number of nitrogens with zero attached hydrogens (tertiary/aromatic N) is 1. The monoisotopic (exact) mass is 287 g/mol. The topological polar surface area (TPSA) is 72.6 Å². The van der Waals surface area contributed by atoms with Crippen LogP contribution in [-0.4, -0.2) is 10.0 Å². The highest BCUT2D eigenvalue weighted by molar-refractivity contribution is 5.37. The van der Waals surface area contributed by atoms with E-state index >= 15 is 0 Å². The van der Waals surface area contributed by atoms with E-state index in [0.29, 0.717) is 17.7 Å². The Labute approximate surface area is 123 Å². The lowest BCUT2D eigenvalue weighted by Gasteiger charge is -2.14. The van der Waals surface area contributed by atoms with E-state index in [2.05, 4.69) is 0 Å². The second-order valence-electron chi connectivity index (χ2n) is 4.68. The van der Waals surface area contributed by atoms with Gasteiger partial charge in [0.15, 0.2) is 0 Å². The van der Waals surface area contributed by atoms with Gasteiger partial charge >= 0.3 is 0 Å². The van der Waals surface area contributed by atoms with Gasteiger partial charge < -0.3 is 9.84 Å². The van der Waals surface area contributed by atoms with Crippen molar-refractivity contribution in [3.8, 4) is 5.75 Å². The zero-order valence-corrected chi connectivity index (χ0v) is 11.7. The van der Waals surface area contributed by atoms with Gasteiger partial charge in [-0.3, -0.25) is 10.1 Å². The maximum absolute atomic E-state index is 10.7. The van der Waals surface area contributed by atoms with Gasteiger partial charge in [0.05, 0.1) is 11.0 Å². The zero-order chi connectivity index (χ0) is 15.2. The highest BCUT2D eigenvalue weighted by Gasteiger charge is 2.12. The third-order valence-corrected chi connectivity index (χ3v) is 3.18. The summed E-state index contributed by atoms with van der Waals surface area (Å²) in [5.41, 5.74) is 1.48. The first kappa shape index (κ1) is 15.0. The van der Waals surface area contributed by atoms with Gasteiger partial charge in [-0.1, -0.05) is 37.3 Å². The van der Waals surface area contributed by atoms with Crippen molar-refractivity contribution in [3.63, 3.8) is 0 Å². The van der Waals surface area contributed by atoms with Crippen LogP contribution in [0.3, 0.4) is 0 Å². The Kier molecular flexibility index (Phi) is 4.90. The van der Waals surface area contributed by atoms with Crippen LogP contribution in [0.1, 0.15) is 30.6 Å². The Hall–Kier alpha value is -2.40. The largest absolute Gasteiger partial charge is 0.489 e. The lowest BCUT2D eigenvalue weighted by Crippen LogP contribution is -2.02. The second-order valence-corrected chi connectivity index (χ2v) is 4.68. The molecule has 2 rings (SSSR count). The van der Waals surface area contributed by atoms with Gasteiger partial charge in [0, 0.05) is 17.7 Å². The Morgan fingerprint density at radius 2 is 2.00 bits per heavy atom. The number of benzene rings is 2. The summed E-state index contributed by atoms with van der Waals surface area (Å²) in [5, 5.41) is 20.7. The molecule has 2 aromatic rings. The van der Waals surface area contributed by atoms with E-state index in [4.69, 9.17) is 4.74 Å². The van der Waals surface area contributed by atoms with Crippen LogP contribution in [0.2, 0.25) is 0 Å². The van der Waals surface area contributed by atoms with Crippen molar-refractivity contribution < 1.29 is 14.8 Å². The minimum atomic E-state index is -0.577. The molecule has 5 heteroatoms. The maximum Gasteiger partial charge on any atom is 0.269 e. The molecule has 0 amide bonds. The van der Waals surface area contributed by atoms with Crippen LogP contribution in [0.25, 0.3) is 0 Å². The van der Waals surface area contributed by atoms with Crippen LogP contribution in [0.4, 0.5) is 5.69 Å². The smallest absolute Gasteiger partial charge is 0.269 e. The van der Waals surface area contributed by atoms with Gasteiger partial charge in [-0.15, -0.1) is 0 Å². The van der Waals surface area contributed by atoms with Gasteiger partial charge in [0.1, 0.15) is 12.4 Å². The first-order valence-electron chi connectivity index (χ1n) is 6.75. The molecule has 110 valence electrons. The molecule has 0 saturated heterocycles. The van der Waals surface area contributed by atoms with E-state index in [9.17, 15) is 15.2 Å². The number of hydrogen-bond acceptors (Lipinski definition) is 4. The summed E-state index contributed by atoms with van der Waals surface area (Å²) in [6.45, 7) is 2.11. The number of ether oxygens (including phenoxy) is 1. The number of aliphatic hydroxyl groups is 1. The average molecular weight is 287 g/mol. The molecule has 0 aliphatic heterocycles. The quantitative estimate of drug-likeness (QED) is 0.650. The van der Waals surface area contributed by atoms with Crippen LogP contribution in [-0.2, 0) is 6.61 Å². The molecular formula is C16H17NO4. The minimum Gasteiger partial charge on any atom is -0.489 e. The van der Waals surface area contributed by atoms with Crippen molar-refractivity contribution in [2.45, 2.75) is 26.1 Å². The van der Waals surface area contributed by atoms with Crippen molar-refractivity contribution in [1.82, 2.24) is 0 Å². The molecule has 0 saturated carbocycles. The van der Waals surface area contributed by atoms with Crippen LogP contribution in [0, 0.1) is 10.1 Å². The predicted octanol–water partition coefficient (Wildman–Crippen LogP) is 3.62. The third kappa shape index (κ3) is 3.79. The highest BCUT2D eigenvalue weighted by atomic mass is 16.6. The predicted molar refractivity (Wildman–Crippen MR) is 79.1 cm³/mol. The fraction of sp³-hybridized carbons (Fsp3) is 0.250. The first-order valence-corrected chi connectivity index (χ1v) is 6.75. The summed E-state index contributed by atoms with van der Waals surface area (Å²) in [4.78, 5) is 10.3. The summed E-state index contributed by atoms with van der Waals surface area (Å²) in [5.74, 6) is 0.596. The molecule has 5 nitrogen and oxygen atoms in total. The molecule has 0 spiro atoms. The molecule has 0 aliphatic carbocycles. The number of aliphatic hydroxyl groups excluding tert-OH is 1. The summed E-state index contributed by atoms with van der Waals surface area (Å²) < 4.78 is 5.70. The van der Waals surface area contributed by atoms with Gasteiger partial charge in [0.2, 0.25) is 0 Å².